The van der Waals surface area contributed by atoms with Crippen LogP contribution in [0, 0.1) is 23.7 Å². The predicted octanol–water partition coefficient (Wildman–Crippen LogP) is 8.93. The Morgan fingerprint density at radius 1 is 0.491 bits per heavy atom. The minimum Gasteiger partial charge on any atom is -0.354 e. The summed E-state index contributed by atoms with van der Waals surface area (Å²) < 4.78 is 2.15. The molecule has 2 aromatic carbocycles. The fourth-order valence-electron chi connectivity index (χ4n) is 6.46. The van der Waals surface area contributed by atoms with Crippen molar-refractivity contribution in [2.45, 2.75) is 6.42 Å². The predicted molar refractivity (Wildman–Crippen MR) is 220 cm³/mol. The third-order valence-electron chi connectivity index (χ3n) is 8.93. The first-order chi connectivity index (χ1) is 26.3. The van der Waals surface area contributed by atoms with Gasteiger partial charge in [0.25, 0.3) is 0 Å². The zero-order chi connectivity index (χ0) is 35.4. The summed E-state index contributed by atoms with van der Waals surface area (Å²) in [5.74, 6) is 13.5. The van der Waals surface area contributed by atoms with Crippen LogP contribution in [-0.4, -0.2) is 24.9 Å². The van der Waals surface area contributed by atoms with Crippen molar-refractivity contribution in [3.8, 4) is 45.9 Å². The molecule has 5 nitrogen and oxygen atoms in total. The van der Waals surface area contributed by atoms with Gasteiger partial charge in [-0.05, 0) is 90.1 Å². The van der Waals surface area contributed by atoms with E-state index < -0.39 is 0 Å². The van der Waals surface area contributed by atoms with Gasteiger partial charge in [-0.1, -0.05) is 96.8 Å². The average molecular weight is 698 g/mol. The third-order valence-corrected chi connectivity index (χ3v) is 10.1. The highest BCUT2D eigenvalue weighted by atomic mass is 32.1. The highest BCUT2D eigenvalue weighted by Gasteiger charge is 2.16. The van der Waals surface area contributed by atoms with Crippen LogP contribution in [-0.2, 0) is 0 Å². The van der Waals surface area contributed by atoms with Crippen LogP contribution in [0.3, 0.4) is 0 Å². The molecule has 1 N–H and O–H groups in total. The largest absolute Gasteiger partial charge is 0.354 e. The van der Waals surface area contributed by atoms with Gasteiger partial charge in [-0.25, -0.2) is 19.9 Å². The van der Waals surface area contributed by atoms with E-state index in [2.05, 4.69) is 124 Å². The van der Waals surface area contributed by atoms with Crippen LogP contribution in [0.5, 0.6) is 0 Å². The summed E-state index contributed by atoms with van der Waals surface area (Å²) in [6, 6.07) is 36.5. The fraction of sp³-hybridized carbons (Fsp3) is 0.0213. The first kappa shape index (κ1) is 31.8. The maximum atomic E-state index is 5.30. The molecule has 6 aromatic rings. The van der Waals surface area contributed by atoms with Gasteiger partial charge in [0.2, 0.25) is 0 Å². The van der Waals surface area contributed by atoms with Crippen LogP contribution in [0.25, 0.3) is 69.7 Å². The van der Waals surface area contributed by atoms with Crippen LogP contribution in [0.2, 0.25) is 0 Å². The zero-order valence-corrected chi connectivity index (χ0v) is 29.2. The van der Waals surface area contributed by atoms with Crippen molar-refractivity contribution in [3.05, 3.63) is 176 Å². The van der Waals surface area contributed by atoms with E-state index in [1.165, 1.54) is 0 Å². The molecule has 0 saturated heterocycles. The highest BCUT2D eigenvalue weighted by molar-refractivity contribution is 7.07. The first-order valence-corrected chi connectivity index (χ1v) is 18.1. The summed E-state index contributed by atoms with van der Waals surface area (Å²) in [5.41, 5.74) is 12.2. The number of aromatic amines is 1. The monoisotopic (exact) mass is 697 g/mol. The van der Waals surface area contributed by atoms with Crippen LogP contribution < -0.4 is 9.06 Å². The average Bonchev–Trinajstić information content (AvgIpc) is 4.01. The third kappa shape index (κ3) is 6.59. The van der Waals surface area contributed by atoms with E-state index in [4.69, 9.17) is 9.97 Å². The van der Waals surface area contributed by atoms with Crippen molar-refractivity contribution >= 4 is 58.8 Å². The number of nitrogens with one attached hydrogen (secondary N) is 1. The van der Waals surface area contributed by atoms with Crippen LogP contribution in [0.15, 0.2) is 122 Å². The van der Waals surface area contributed by atoms with E-state index in [0.29, 0.717) is 11.4 Å². The smallest absolute Gasteiger partial charge is 0.113 e. The van der Waals surface area contributed by atoms with Crippen molar-refractivity contribution in [3.63, 3.8) is 0 Å². The van der Waals surface area contributed by atoms with Gasteiger partial charge in [-0.2, -0.15) is 0 Å². The lowest BCUT2D eigenvalue weighted by Gasteiger charge is -2.06. The molecule has 0 radical (unpaired) electrons. The molecule has 8 bridgehead atoms. The van der Waals surface area contributed by atoms with Gasteiger partial charge in [0.1, 0.15) is 11.4 Å². The zero-order valence-electron chi connectivity index (χ0n) is 28.4. The number of aromatic nitrogens is 5. The number of hydrogen-bond donors (Lipinski definition) is 1. The molecule has 3 aliphatic heterocycles. The second-order valence-electron chi connectivity index (χ2n) is 12.4. The number of nitrogens with zero attached hydrogens (tertiary/aromatic N) is 4. The fourth-order valence-corrected chi connectivity index (χ4v) is 7.64. The molecule has 4 aromatic heterocycles. The molecule has 0 spiro atoms. The summed E-state index contributed by atoms with van der Waals surface area (Å²) in [6.45, 7) is 0. The molecule has 6 heteroatoms. The number of fused-ring (bicyclic) bond motifs is 8. The number of rotatable bonds is 2. The number of H-pyrrole nitrogens is 1. The van der Waals surface area contributed by atoms with Gasteiger partial charge < -0.3 is 4.98 Å². The van der Waals surface area contributed by atoms with Crippen LogP contribution in [0.4, 0.5) is 0 Å². The summed E-state index contributed by atoms with van der Waals surface area (Å²) in [7, 11) is 0. The van der Waals surface area contributed by atoms with Gasteiger partial charge >= 0.3 is 0 Å². The van der Waals surface area contributed by atoms with Crippen LogP contribution in [0.1, 0.15) is 53.1 Å². The van der Waals surface area contributed by atoms with Crippen molar-refractivity contribution in [1.29, 1.82) is 0 Å². The SMILES string of the molecule is C(#Cc1c2nc(c(-c3ccccc3)c3ccc([nH]3)c(C#Cc3ccccn3)c3nc(c(-c4ccccc4)c4sc1=CCC=4)C=C3)C=C2)c1ccccn1.[HH]. The molecule has 53 heavy (non-hydrogen) atoms. The molecular formula is C47H31N5S. The molecule has 0 amide bonds. The van der Waals surface area contributed by atoms with Gasteiger partial charge in [0.05, 0.1) is 39.4 Å². The van der Waals surface area contributed by atoms with Gasteiger partial charge in [-0.3, -0.25) is 0 Å². The van der Waals surface area contributed by atoms with E-state index in [9.17, 15) is 0 Å². The summed E-state index contributed by atoms with van der Waals surface area (Å²) in [4.78, 5) is 23.3. The maximum Gasteiger partial charge on any atom is 0.113 e. The Balaban J connectivity index is 0.00000413. The lowest BCUT2D eigenvalue weighted by Crippen LogP contribution is -2.14. The summed E-state index contributed by atoms with van der Waals surface area (Å²) >= 11 is 1.70. The number of pyridine rings is 2. The van der Waals surface area contributed by atoms with Crippen LogP contribution >= 0.6 is 11.3 Å². The Morgan fingerprint density at radius 3 is 1.66 bits per heavy atom. The second-order valence-corrected chi connectivity index (χ2v) is 13.4. The Hall–Kier alpha value is -7.12. The Morgan fingerprint density at radius 2 is 1.02 bits per heavy atom. The lowest BCUT2D eigenvalue weighted by molar-refractivity contribution is 1.28. The molecule has 0 unspecified atom stereocenters. The van der Waals surface area contributed by atoms with E-state index >= 15 is 0 Å². The van der Waals surface area contributed by atoms with Gasteiger partial charge in [0.15, 0.2) is 0 Å². The topological polar surface area (TPSA) is 67.3 Å². The van der Waals surface area contributed by atoms with Crippen molar-refractivity contribution in [2.24, 2.45) is 0 Å². The molecule has 0 saturated carbocycles. The first-order valence-electron chi connectivity index (χ1n) is 17.3. The molecular weight excluding hydrogens is 667 g/mol. The van der Waals surface area contributed by atoms with E-state index in [1.807, 2.05) is 60.7 Å². The molecule has 3 aliphatic rings. The maximum absolute atomic E-state index is 5.30. The summed E-state index contributed by atoms with van der Waals surface area (Å²) in [5, 5.41) is 0. The lowest BCUT2D eigenvalue weighted by atomic mass is 10.0. The van der Waals surface area contributed by atoms with E-state index in [0.717, 1.165) is 82.7 Å². The normalized spacial score (nSPS) is 11.9. The number of benzene rings is 2. The van der Waals surface area contributed by atoms with E-state index in [1.54, 1.807) is 23.7 Å². The van der Waals surface area contributed by atoms with E-state index in [-0.39, 0.29) is 1.43 Å². The summed E-state index contributed by atoms with van der Waals surface area (Å²) in [6.07, 6.45) is 17.1. The second kappa shape index (κ2) is 14.2. The van der Waals surface area contributed by atoms with Crippen molar-refractivity contribution in [1.82, 2.24) is 24.9 Å². The molecule has 9 rings (SSSR count). The van der Waals surface area contributed by atoms with Crippen molar-refractivity contribution in [2.75, 3.05) is 0 Å². The molecule has 0 atom stereocenters. The molecule has 0 fully saturated rings. The Bertz CT molecular complexity index is 2910. The Kier molecular flexibility index (Phi) is 8.56. The molecule has 0 aliphatic carbocycles. The highest BCUT2D eigenvalue weighted by Crippen LogP contribution is 2.31. The standard InChI is InChI=1S/C47H29N5S.H2/c1-3-12-32(13-4-1)46-41-27-24-38(50-41)36(22-20-34-16-7-9-30-48-34)39-25-29-43(51-39)47(33-14-5-2-6-15-33)45-19-11-18-44(53-45)37(40-26-28-42(46)52-40)23-21-35-17-8-10-31-49-35;/h1-10,12-19,24-31,50H,11H2;1H. The van der Waals surface area contributed by atoms with Gasteiger partial charge in [-0.15, -0.1) is 11.3 Å². The molecule has 250 valence electrons. The minimum atomic E-state index is 0. The quantitative estimate of drug-likeness (QED) is 0.183. The Labute approximate surface area is 312 Å². The van der Waals surface area contributed by atoms with Gasteiger partial charge in [0, 0.05) is 39.5 Å². The number of hydrogen-bond acceptors (Lipinski definition) is 5. The minimum absolute atomic E-state index is 0. The van der Waals surface area contributed by atoms with Crippen molar-refractivity contribution < 1.29 is 1.43 Å². The molecule has 7 heterocycles.